The fraction of sp³-hybridized carbons (Fsp3) is 0.942. The molecule has 1 aliphatic rings. The molecule has 0 aromatic rings. The number of rotatable bonds is 61. The van der Waals surface area contributed by atoms with E-state index in [4.69, 9.17) is 14.2 Å². The molecule has 0 aromatic heterocycles. The third-order valence-corrected chi connectivity index (χ3v) is 16.9. The first kappa shape index (κ1) is 76.4. The molecule has 80 heavy (non-hydrogen) atoms. The molecular formula is C69H133NO10. The summed E-state index contributed by atoms with van der Waals surface area (Å²) in [5.74, 6) is -1.17. The Kier molecular flexibility index (Phi) is 55.2. The monoisotopic (exact) mass is 1140 g/mol. The molecule has 0 saturated carbocycles. The third kappa shape index (κ3) is 44.9. The van der Waals surface area contributed by atoms with Gasteiger partial charge in [0.05, 0.1) is 25.4 Å². The van der Waals surface area contributed by atoms with Gasteiger partial charge in [0, 0.05) is 6.42 Å². The zero-order valence-electron chi connectivity index (χ0n) is 52.7. The number of amides is 1. The Bertz CT molecular complexity index is 1350. The standard InChI is InChI=1S/C69H133NO10/c1-4-7-10-13-16-19-22-25-27-29-30-31-32-33-34-35-37-39-42-45-48-51-54-57-64(74)80-67-66(76)65(75)63(58-71)79-69(67)78-59-60(61(72)55-52-49-46-43-40-24-21-18-15-12-9-6-3)70-68(77)62(73)56-53-50-47-44-41-38-36-28-26-23-20-17-14-11-8-5-2/h52,55,60-63,65-67,69,71-73,75-76H,4-51,53-54,56-59H2,1-3H3,(H,70,77)/b55-52+. The highest BCUT2D eigenvalue weighted by atomic mass is 16.7. The molecule has 1 fully saturated rings. The quantitative estimate of drug-likeness (QED) is 0.0195. The number of allylic oxidation sites excluding steroid dienone is 1. The highest BCUT2D eigenvalue weighted by Gasteiger charge is 2.47. The van der Waals surface area contributed by atoms with E-state index >= 15 is 0 Å². The Labute approximate surface area is 493 Å². The zero-order chi connectivity index (χ0) is 58.2. The van der Waals surface area contributed by atoms with E-state index in [-0.39, 0.29) is 13.0 Å². The van der Waals surface area contributed by atoms with Crippen LogP contribution < -0.4 is 5.32 Å². The smallest absolute Gasteiger partial charge is 0.306 e. The van der Waals surface area contributed by atoms with Gasteiger partial charge in [-0.15, -0.1) is 0 Å². The lowest BCUT2D eigenvalue weighted by atomic mass is 9.99. The first-order valence-electron chi connectivity index (χ1n) is 35.0. The summed E-state index contributed by atoms with van der Waals surface area (Å²) in [5.41, 5.74) is 0. The minimum absolute atomic E-state index is 0.132. The van der Waals surface area contributed by atoms with Crippen LogP contribution in [0.25, 0.3) is 0 Å². The molecule has 8 atom stereocenters. The van der Waals surface area contributed by atoms with Crippen molar-refractivity contribution in [2.75, 3.05) is 13.2 Å². The molecule has 0 radical (unpaired) electrons. The summed E-state index contributed by atoms with van der Waals surface area (Å²) in [4.78, 5) is 26.6. The number of carbonyl (C=O) groups is 2. The van der Waals surface area contributed by atoms with Gasteiger partial charge >= 0.3 is 5.97 Å². The lowest BCUT2D eigenvalue weighted by molar-refractivity contribution is -0.305. The lowest BCUT2D eigenvalue weighted by Gasteiger charge is -2.41. The van der Waals surface area contributed by atoms with Gasteiger partial charge in [0.15, 0.2) is 12.4 Å². The number of aliphatic hydroxyl groups is 5. The summed E-state index contributed by atoms with van der Waals surface area (Å²) in [7, 11) is 0. The van der Waals surface area contributed by atoms with Crippen LogP contribution in [0.5, 0.6) is 0 Å². The minimum Gasteiger partial charge on any atom is -0.454 e. The van der Waals surface area contributed by atoms with Crippen LogP contribution in [0, 0.1) is 0 Å². The van der Waals surface area contributed by atoms with Crippen molar-refractivity contribution >= 4 is 11.9 Å². The average molecular weight is 1140 g/mol. The van der Waals surface area contributed by atoms with Crippen molar-refractivity contribution in [1.29, 1.82) is 0 Å². The van der Waals surface area contributed by atoms with E-state index in [2.05, 4.69) is 26.1 Å². The Balaban J connectivity index is 2.56. The number of unbranched alkanes of at least 4 members (excludes halogenated alkanes) is 47. The number of ether oxygens (including phenoxy) is 3. The molecule has 1 aliphatic heterocycles. The molecule has 0 aromatic carbocycles. The SMILES string of the molecule is CCCCCCCCCCCC/C=C/C(O)C(COC1OC(CO)C(O)C(O)C1OC(=O)CCCCCCCCCCCCCCCCCCCCCCCCC)NC(=O)C(O)CCCCCCCCCCCCCCCCCC. The molecule has 6 N–H and O–H groups in total. The third-order valence-electron chi connectivity index (χ3n) is 16.9. The summed E-state index contributed by atoms with van der Waals surface area (Å²) >= 11 is 0. The molecular weight excluding hydrogens is 1000 g/mol. The normalized spacial score (nSPS) is 18.7. The van der Waals surface area contributed by atoms with E-state index in [1.807, 2.05) is 6.08 Å². The predicted octanol–water partition coefficient (Wildman–Crippen LogP) is 17.5. The molecule has 0 spiro atoms. The maximum absolute atomic E-state index is 13.4. The van der Waals surface area contributed by atoms with E-state index in [9.17, 15) is 35.1 Å². The molecule has 0 aliphatic carbocycles. The van der Waals surface area contributed by atoms with Crippen LogP contribution in [-0.2, 0) is 23.8 Å². The van der Waals surface area contributed by atoms with E-state index in [1.165, 1.54) is 250 Å². The van der Waals surface area contributed by atoms with Gasteiger partial charge in [-0.25, -0.2) is 0 Å². The van der Waals surface area contributed by atoms with Crippen molar-refractivity contribution in [2.24, 2.45) is 0 Å². The van der Waals surface area contributed by atoms with Gasteiger partial charge in [0.25, 0.3) is 0 Å². The highest BCUT2D eigenvalue weighted by molar-refractivity contribution is 5.80. The minimum atomic E-state index is -1.61. The Hall–Kier alpha value is -1.60. The average Bonchev–Trinajstić information content (AvgIpc) is 3.48. The van der Waals surface area contributed by atoms with Gasteiger partial charge in [-0.05, 0) is 25.7 Å². The topological polar surface area (TPSA) is 175 Å². The van der Waals surface area contributed by atoms with Crippen LogP contribution in [0.15, 0.2) is 12.2 Å². The molecule has 1 rings (SSSR count). The Morgan fingerprint density at radius 3 is 1.18 bits per heavy atom. The summed E-state index contributed by atoms with van der Waals surface area (Å²) in [6, 6.07) is -1.02. The second kappa shape index (κ2) is 57.8. The van der Waals surface area contributed by atoms with Crippen molar-refractivity contribution < 1.29 is 49.3 Å². The largest absolute Gasteiger partial charge is 0.454 e. The fourth-order valence-corrected chi connectivity index (χ4v) is 11.4. The van der Waals surface area contributed by atoms with Crippen LogP contribution in [0.1, 0.15) is 355 Å². The predicted molar refractivity (Wildman–Crippen MR) is 334 cm³/mol. The van der Waals surface area contributed by atoms with E-state index in [1.54, 1.807) is 6.08 Å². The van der Waals surface area contributed by atoms with Crippen LogP contribution in [0.2, 0.25) is 0 Å². The van der Waals surface area contributed by atoms with Crippen molar-refractivity contribution in [3.8, 4) is 0 Å². The van der Waals surface area contributed by atoms with Gasteiger partial charge in [-0.3, -0.25) is 9.59 Å². The number of esters is 1. The first-order chi connectivity index (χ1) is 39.2. The molecule has 8 unspecified atom stereocenters. The van der Waals surface area contributed by atoms with Crippen LogP contribution in [-0.4, -0.2) is 99.6 Å². The summed E-state index contributed by atoms with van der Waals surface area (Å²) < 4.78 is 17.7. The van der Waals surface area contributed by atoms with Crippen LogP contribution in [0.3, 0.4) is 0 Å². The molecule has 0 bridgehead atoms. The molecule has 1 saturated heterocycles. The second-order valence-electron chi connectivity index (χ2n) is 24.6. The van der Waals surface area contributed by atoms with E-state index in [0.717, 1.165) is 57.8 Å². The Morgan fingerprint density at radius 2 is 0.812 bits per heavy atom. The second-order valence-corrected chi connectivity index (χ2v) is 24.6. The summed E-state index contributed by atoms with van der Waals surface area (Å²) in [5, 5.41) is 57.2. The summed E-state index contributed by atoms with van der Waals surface area (Å²) in [6.07, 6.45) is 56.9. The maximum atomic E-state index is 13.4. The highest BCUT2D eigenvalue weighted by Crippen LogP contribution is 2.26. The number of hydrogen-bond acceptors (Lipinski definition) is 10. The number of hydrogen-bond donors (Lipinski definition) is 6. The van der Waals surface area contributed by atoms with Gasteiger partial charge in [-0.1, -0.05) is 335 Å². The number of carbonyl (C=O) groups excluding carboxylic acids is 2. The molecule has 474 valence electrons. The fourth-order valence-electron chi connectivity index (χ4n) is 11.4. The maximum Gasteiger partial charge on any atom is 0.306 e. The van der Waals surface area contributed by atoms with Gasteiger partial charge in [0.2, 0.25) is 5.91 Å². The van der Waals surface area contributed by atoms with Gasteiger partial charge < -0.3 is 45.1 Å². The van der Waals surface area contributed by atoms with Crippen molar-refractivity contribution in [1.82, 2.24) is 5.32 Å². The molecule has 11 nitrogen and oxygen atoms in total. The van der Waals surface area contributed by atoms with E-state index < -0.39 is 67.4 Å². The molecule has 1 heterocycles. The number of aliphatic hydroxyl groups excluding tert-OH is 5. The van der Waals surface area contributed by atoms with Crippen molar-refractivity contribution in [3.05, 3.63) is 12.2 Å². The molecule has 1 amide bonds. The van der Waals surface area contributed by atoms with Crippen molar-refractivity contribution in [3.63, 3.8) is 0 Å². The van der Waals surface area contributed by atoms with Crippen molar-refractivity contribution in [2.45, 2.75) is 404 Å². The summed E-state index contributed by atoms with van der Waals surface area (Å²) in [6.45, 7) is 5.85. The molecule has 11 heteroatoms. The first-order valence-corrected chi connectivity index (χ1v) is 35.0. The lowest BCUT2D eigenvalue weighted by Crippen LogP contribution is -2.61. The zero-order valence-corrected chi connectivity index (χ0v) is 52.7. The Morgan fingerprint density at radius 1 is 0.475 bits per heavy atom. The number of nitrogens with one attached hydrogen (secondary N) is 1. The van der Waals surface area contributed by atoms with E-state index in [0.29, 0.717) is 19.3 Å². The van der Waals surface area contributed by atoms with Gasteiger partial charge in [-0.2, -0.15) is 0 Å². The van der Waals surface area contributed by atoms with Crippen LogP contribution in [0.4, 0.5) is 0 Å². The van der Waals surface area contributed by atoms with Gasteiger partial charge in [0.1, 0.15) is 24.4 Å². The van der Waals surface area contributed by atoms with Crippen LogP contribution >= 0.6 is 0 Å².